The molecule has 0 radical (unpaired) electrons. The molecule has 0 atom stereocenters. The van der Waals surface area contributed by atoms with E-state index in [0.717, 1.165) is 41.9 Å². The van der Waals surface area contributed by atoms with Crippen LogP contribution >= 0.6 is 11.9 Å². The predicted octanol–water partition coefficient (Wildman–Crippen LogP) is 4.61. The maximum absolute atomic E-state index is 14.4. The fourth-order valence-corrected chi connectivity index (χ4v) is 4.92. The van der Waals surface area contributed by atoms with Crippen molar-refractivity contribution in [2.24, 2.45) is 0 Å². The molecule has 1 aliphatic carbocycles. The molecule has 1 aromatic heterocycles. The van der Waals surface area contributed by atoms with Crippen molar-refractivity contribution in [1.29, 1.82) is 0 Å². The van der Waals surface area contributed by atoms with Gasteiger partial charge in [-0.1, -0.05) is 0 Å². The zero-order valence-electron chi connectivity index (χ0n) is 13.7. The standard InChI is InChI=1S/C18H23FN2OS/c1-11-7-15(19)18-14(17(11)12-8-13(9-12)22-2)10-16(20-18)23-21-5-3-4-6-21/h7,10,12-13,20H,3-6,8-9H2,1-2H3. The highest BCUT2D eigenvalue weighted by atomic mass is 32.2. The fourth-order valence-electron chi connectivity index (χ4n) is 3.89. The molecule has 1 saturated heterocycles. The van der Waals surface area contributed by atoms with Crippen LogP contribution in [-0.4, -0.2) is 35.6 Å². The summed E-state index contributed by atoms with van der Waals surface area (Å²) in [6.07, 6.45) is 4.95. The zero-order chi connectivity index (χ0) is 16.0. The Morgan fingerprint density at radius 2 is 2.00 bits per heavy atom. The summed E-state index contributed by atoms with van der Waals surface area (Å²) in [5.74, 6) is 0.348. The number of hydrogen-bond donors (Lipinski definition) is 1. The molecule has 1 aliphatic heterocycles. The van der Waals surface area contributed by atoms with E-state index in [2.05, 4.69) is 15.4 Å². The molecule has 0 unspecified atom stereocenters. The summed E-state index contributed by atoms with van der Waals surface area (Å²) in [6, 6.07) is 3.82. The number of hydrogen-bond acceptors (Lipinski definition) is 3. The van der Waals surface area contributed by atoms with Crippen molar-refractivity contribution in [2.75, 3.05) is 20.2 Å². The van der Waals surface area contributed by atoms with Crippen LogP contribution in [0.25, 0.3) is 10.9 Å². The minimum atomic E-state index is -0.142. The fraction of sp³-hybridized carbons (Fsp3) is 0.556. The highest BCUT2D eigenvalue weighted by Gasteiger charge is 2.33. The van der Waals surface area contributed by atoms with Crippen molar-refractivity contribution in [1.82, 2.24) is 9.29 Å². The molecule has 0 spiro atoms. The minimum Gasteiger partial charge on any atom is -0.381 e. The number of H-pyrrole nitrogens is 1. The van der Waals surface area contributed by atoms with Gasteiger partial charge in [-0.25, -0.2) is 8.70 Å². The van der Waals surface area contributed by atoms with Gasteiger partial charge in [-0.05, 0) is 73.7 Å². The first-order chi connectivity index (χ1) is 11.2. The number of aromatic amines is 1. The number of aryl methyl sites for hydroxylation is 1. The number of aromatic nitrogens is 1. The van der Waals surface area contributed by atoms with E-state index in [9.17, 15) is 4.39 Å². The maximum atomic E-state index is 14.4. The van der Waals surface area contributed by atoms with E-state index in [1.54, 1.807) is 25.1 Å². The highest BCUT2D eigenvalue weighted by molar-refractivity contribution is 7.97. The average Bonchev–Trinajstić information content (AvgIpc) is 3.11. The van der Waals surface area contributed by atoms with E-state index in [-0.39, 0.29) is 5.82 Å². The molecule has 0 amide bonds. The number of nitrogens with zero attached hydrogens (tertiary/aromatic N) is 1. The molecule has 124 valence electrons. The van der Waals surface area contributed by atoms with Crippen molar-refractivity contribution in [3.05, 3.63) is 29.1 Å². The van der Waals surface area contributed by atoms with Gasteiger partial charge in [0.15, 0.2) is 0 Å². The second-order valence-electron chi connectivity index (χ2n) is 6.76. The molecule has 2 heterocycles. The molecule has 23 heavy (non-hydrogen) atoms. The SMILES string of the molecule is COC1CC(c2c(C)cc(F)c3[nH]c(SN4CCCC4)cc23)C1. The first kappa shape index (κ1) is 15.5. The Hall–Kier alpha value is -1.04. The lowest BCUT2D eigenvalue weighted by Gasteiger charge is -2.35. The van der Waals surface area contributed by atoms with Crippen LogP contribution in [0.5, 0.6) is 0 Å². The molecule has 0 bridgehead atoms. The number of methoxy groups -OCH3 is 1. The first-order valence-corrected chi connectivity index (χ1v) is 9.20. The molecule has 4 rings (SSSR count). The summed E-state index contributed by atoms with van der Waals surface area (Å²) in [6.45, 7) is 4.26. The average molecular weight is 334 g/mol. The van der Waals surface area contributed by atoms with Gasteiger partial charge in [0.1, 0.15) is 5.82 Å². The zero-order valence-corrected chi connectivity index (χ0v) is 14.5. The monoisotopic (exact) mass is 334 g/mol. The van der Waals surface area contributed by atoms with Crippen LogP contribution in [0, 0.1) is 12.7 Å². The van der Waals surface area contributed by atoms with E-state index in [1.807, 2.05) is 6.92 Å². The molecule has 1 N–H and O–H groups in total. The molecular weight excluding hydrogens is 311 g/mol. The highest BCUT2D eigenvalue weighted by Crippen LogP contribution is 2.44. The summed E-state index contributed by atoms with van der Waals surface area (Å²) < 4.78 is 22.2. The van der Waals surface area contributed by atoms with Crippen LogP contribution in [0.3, 0.4) is 0 Å². The molecule has 2 fully saturated rings. The van der Waals surface area contributed by atoms with E-state index in [4.69, 9.17) is 4.74 Å². The third-order valence-corrected chi connectivity index (χ3v) is 6.26. The van der Waals surface area contributed by atoms with E-state index in [1.165, 1.54) is 18.4 Å². The van der Waals surface area contributed by atoms with Gasteiger partial charge in [0.05, 0.1) is 16.6 Å². The molecule has 2 aliphatic rings. The van der Waals surface area contributed by atoms with Crippen LogP contribution in [0.2, 0.25) is 0 Å². The lowest BCUT2D eigenvalue weighted by Crippen LogP contribution is -2.29. The number of fused-ring (bicyclic) bond motifs is 1. The number of ether oxygens (including phenoxy) is 1. The van der Waals surface area contributed by atoms with Gasteiger partial charge in [0, 0.05) is 25.6 Å². The summed E-state index contributed by atoms with van der Waals surface area (Å²) in [7, 11) is 1.77. The Labute approximate surface area is 140 Å². The Morgan fingerprint density at radius 1 is 1.26 bits per heavy atom. The van der Waals surface area contributed by atoms with Gasteiger partial charge in [-0.3, -0.25) is 0 Å². The number of nitrogens with one attached hydrogen (secondary N) is 1. The van der Waals surface area contributed by atoms with Gasteiger partial charge in [-0.15, -0.1) is 0 Å². The van der Waals surface area contributed by atoms with Crippen molar-refractivity contribution >= 4 is 22.9 Å². The van der Waals surface area contributed by atoms with Crippen molar-refractivity contribution in [3.63, 3.8) is 0 Å². The number of halogens is 1. The lowest BCUT2D eigenvalue weighted by atomic mass is 9.75. The second kappa shape index (κ2) is 6.11. The molecule has 2 aromatic rings. The quantitative estimate of drug-likeness (QED) is 0.828. The topological polar surface area (TPSA) is 28.3 Å². The second-order valence-corrected chi connectivity index (χ2v) is 7.90. The van der Waals surface area contributed by atoms with Gasteiger partial charge in [0.25, 0.3) is 0 Å². The molecular formula is C18H23FN2OS. The Bertz CT molecular complexity index is 717. The smallest absolute Gasteiger partial charge is 0.147 e. The van der Waals surface area contributed by atoms with Crippen molar-refractivity contribution in [2.45, 2.75) is 49.7 Å². The number of benzene rings is 1. The lowest BCUT2D eigenvalue weighted by molar-refractivity contribution is 0.0260. The summed E-state index contributed by atoms with van der Waals surface area (Å²) in [5.41, 5.74) is 3.03. The third-order valence-electron chi connectivity index (χ3n) is 5.22. The largest absolute Gasteiger partial charge is 0.381 e. The predicted molar refractivity (Wildman–Crippen MR) is 92.4 cm³/mol. The Morgan fingerprint density at radius 3 is 2.70 bits per heavy atom. The van der Waals surface area contributed by atoms with Gasteiger partial charge < -0.3 is 9.72 Å². The molecule has 3 nitrogen and oxygen atoms in total. The van der Waals surface area contributed by atoms with Crippen LogP contribution in [0.1, 0.15) is 42.7 Å². The normalized spacial score (nSPS) is 25.2. The molecule has 1 aromatic carbocycles. The molecule has 1 saturated carbocycles. The van der Waals surface area contributed by atoms with Crippen LogP contribution in [0.4, 0.5) is 4.39 Å². The van der Waals surface area contributed by atoms with Gasteiger partial charge in [0.2, 0.25) is 0 Å². The van der Waals surface area contributed by atoms with E-state index < -0.39 is 0 Å². The summed E-state index contributed by atoms with van der Waals surface area (Å²) in [4.78, 5) is 3.30. The van der Waals surface area contributed by atoms with Gasteiger partial charge >= 0.3 is 0 Å². The van der Waals surface area contributed by atoms with E-state index >= 15 is 0 Å². The van der Waals surface area contributed by atoms with Crippen molar-refractivity contribution in [3.8, 4) is 0 Å². The molecule has 5 heteroatoms. The minimum absolute atomic E-state index is 0.142. The summed E-state index contributed by atoms with van der Waals surface area (Å²) >= 11 is 1.73. The Kier molecular flexibility index (Phi) is 4.12. The number of rotatable bonds is 4. The maximum Gasteiger partial charge on any atom is 0.147 e. The van der Waals surface area contributed by atoms with Crippen LogP contribution in [-0.2, 0) is 4.74 Å². The first-order valence-electron chi connectivity index (χ1n) is 8.43. The van der Waals surface area contributed by atoms with Gasteiger partial charge in [-0.2, -0.15) is 0 Å². The van der Waals surface area contributed by atoms with Crippen molar-refractivity contribution < 1.29 is 9.13 Å². The third kappa shape index (κ3) is 2.79. The summed E-state index contributed by atoms with van der Waals surface area (Å²) in [5, 5.41) is 2.11. The van der Waals surface area contributed by atoms with E-state index in [0.29, 0.717) is 17.5 Å². The van der Waals surface area contributed by atoms with Crippen LogP contribution < -0.4 is 0 Å². The Balaban J connectivity index is 1.69. The van der Waals surface area contributed by atoms with Crippen LogP contribution in [0.15, 0.2) is 17.2 Å².